The van der Waals surface area contributed by atoms with Crippen molar-refractivity contribution >= 4 is 5.78 Å². The second-order valence-corrected chi connectivity index (χ2v) is 3.82. The number of aliphatic hydroxyl groups is 1. The molecule has 0 bridgehead atoms. The number of nitroso groups, excluding NO2 is 1. The van der Waals surface area contributed by atoms with Gasteiger partial charge in [-0.1, -0.05) is 60.7 Å². The molecule has 1 N–H and O–H groups in total. The van der Waals surface area contributed by atoms with Gasteiger partial charge in [-0.2, -0.15) is 0 Å². The van der Waals surface area contributed by atoms with Crippen molar-refractivity contribution < 1.29 is 9.90 Å². The molecular formula is C14H11NO3. The monoisotopic (exact) mass is 241 g/mol. The summed E-state index contributed by atoms with van der Waals surface area (Å²) in [6, 6.07) is 16.1. The lowest BCUT2D eigenvalue weighted by Gasteiger charge is -2.18. The Morgan fingerprint density at radius 1 is 0.944 bits per heavy atom. The van der Waals surface area contributed by atoms with E-state index in [0.29, 0.717) is 0 Å². The molecule has 0 aliphatic carbocycles. The van der Waals surface area contributed by atoms with Crippen LogP contribution in [0.2, 0.25) is 0 Å². The molecule has 0 saturated carbocycles. The summed E-state index contributed by atoms with van der Waals surface area (Å²) in [5.41, 5.74) is -1.97. The molecular weight excluding hydrogens is 230 g/mol. The lowest BCUT2D eigenvalue weighted by Crippen LogP contribution is -2.33. The van der Waals surface area contributed by atoms with Gasteiger partial charge in [0.25, 0.3) is 5.72 Å². The van der Waals surface area contributed by atoms with E-state index >= 15 is 0 Å². The second kappa shape index (κ2) is 4.89. The Morgan fingerprint density at radius 3 is 1.94 bits per heavy atom. The van der Waals surface area contributed by atoms with Crippen LogP contribution in [0.5, 0.6) is 0 Å². The Kier molecular flexibility index (Phi) is 3.30. The van der Waals surface area contributed by atoms with Crippen LogP contribution in [0.4, 0.5) is 0 Å². The van der Waals surface area contributed by atoms with Gasteiger partial charge in [0, 0.05) is 11.1 Å². The number of nitrogens with zero attached hydrogens (tertiary/aromatic N) is 1. The smallest absolute Gasteiger partial charge is 0.287 e. The highest BCUT2D eigenvalue weighted by molar-refractivity contribution is 6.02. The first-order valence-electron chi connectivity index (χ1n) is 5.41. The molecule has 0 aromatic heterocycles. The summed E-state index contributed by atoms with van der Waals surface area (Å²) < 4.78 is 0. The van der Waals surface area contributed by atoms with Crippen molar-refractivity contribution in [3.8, 4) is 0 Å². The van der Waals surface area contributed by atoms with Crippen LogP contribution in [0.15, 0.2) is 65.8 Å². The van der Waals surface area contributed by atoms with Crippen molar-refractivity contribution in [3.63, 3.8) is 0 Å². The van der Waals surface area contributed by atoms with Crippen LogP contribution in [0.3, 0.4) is 0 Å². The van der Waals surface area contributed by atoms with E-state index in [1.54, 1.807) is 36.4 Å². The number of carbonyl (C=O) groups excluding carboxylic acids is 1. The van der Waals surface area contributed by atoms with E-state index in [2.05, 4.69) is 5.18 Å². The third-order valence-electron chi connectivity index (χ3n) is 2.66. The molecule has 0 saturated heterocycles. The van der Waals surface area contributed by atoms with Crippen molar-refractivity contribution in [1.82, 2.24) is 0 Å². The standard InChI is InChI=1S/C14H11NO3/c16-13(11-7-3-1-4-8-11)14(17,15-18)12-9-5-2-6-10-12/h1-10,17H. The van der Waals surface area contributed by atoms with Gasteiger partial charge in [-0.05, 0) is 5.18 Å². The molecule has 0 aliphatic heterocycles. The summed E-state index contributed by atoms with van der Waals surface area (Å²) in [5, 5.41) is 12.8. The number of carbonyl (C=O) groups is 1. The van der Waals surface area contributed by atoms with E-state index in [-0.39, 0.29) is 11.1 Å². The van der Waals surface area contributed by atoms with Crippen molar-refractivity contribution in [1.29, 1.82) is 0 Å². The molecule has 2 rings (SSSR count). The van der Waals surface area contributed by atoms with Crippen molar-refractivity contribution in [3.05, 3.63) is 76.7 Å². The second-order valence-electron chi connectivity index (χ2n) is 3.82. The first-order chi connectivity index (χ1) is 8.68. The van der Waals surface area contributed by atoms with Crippen LogP contribution in [0.1, 0.15) is 15.9 Å². The average molecular weight is 241 g/mol. The molecule has 0 aliphatic rings. The zero-order valence-electron chi connectivity index (χ0n) is 9.48. The summed E-state index contributed by atoms with van der Waals surface area (Å²) in [4.78, 5) is 23.1. The fraction of sp³-hybridized carbons (Fsp3) is 0.0714. The van der Waals surface area contributed by atoms with E-state index in [1.807, 2.05) is 0 Å². The highest BCUT2D eigenvalue weighted by Gasteiger charge is 2.40. The van der Waals surface area contributed by atoms with Gasteiger partial charge in [0.1, 0.15) is 0 Å². The molecule has 2 aromatic rings. The number of rotatable bonds is 4. The number of hydrogen-bond donors (Lipinski definition) is 1. The van der Waals surface area contributed by atoms with Crippen molar-refractivity contribution in [2.24, 2.45) is 5.18 Å². The van der Waals surface area contributed by atoms with Crippen LogP contribution < -0.4 is 0 Å². The predicted octanol–water partition coefficient (Wildman–Crippen LogP) is 2.48. The van der Waals surface area contributed by atoms with Gasteiger partial charge in [0.2, 0.25) is 5.78 Å². The third-order valence-corrected chi connectivity index (χ3v) is 2.66. The van der Waals surface area contributed by atoms with Crippen molar-refractivity contribution in [2.75, 3.05) is 0 Å². The summed E-state index contributed by atoms with van der Waals surface area (Å²) >= 11 is 0. The maximum atomic E-state index is 12.2. The molecule has 1 unspecified atom stereocenters. The van der Waals surface area contributed by atoms with Gasteiger partial charge in [-0.25, -0.2) is 0 Å². The van der Waals surface area contributed by atoms with Crippen LogP contribution in [-0.2, 0) is 5.72 Å². The van der Waals surface area contributed by atoms with Gasteiger partial charge in [-0.15, -0.1) is 4.91 Å². The molecule has 90 valence electrons. The van der Waals surface area contributed by atoms with E-state index in [9.17, 15) is 14.8 Å². The lowest BCUT2D eigenvalue weighted by molar-refractivity contribution is 0.0336. The largest absolute Gasteiger partial charge is 0.357 e. The molecule has 4 heteroatoms. The zero-order valence-corrected chi connectivity index (χ0v) is 9.48. The quantitative estimate of drug-likeness (QED) is 0.660. The topological polar surface area (TPSA) is 66.7 Å². The maximum absolute atomic E-state index is 12.2. The Bertz CT molecular complexity index is 554. The molecule has 0 fully saturated rings. The molecule has 0 amide bonds. The SMILES string of the molecule is O=NC(O)(C(=O)c1ccccc1)c1ccccc1. The number of Topliss-reactive ketones (excluding diaryl/α,β-unsaturated/α-hetero) is 1. The molecule has 0 spiro atoms. The minimum absolute atomic E-state index is 0.161. The number of ketones is 1. The third kappa shape index (κ3) is 2.06. The maximum Gasteiger partial charge on any atom is 0.287 e. The number of hydrogen-bond acceptors (Lipinski definition) is 4. The van der Waals surface area contributed by atoms with Gasteiger partial charge in [0.05, 0.1) is 0 Å². The highest BCUT2D eigenvalue weighted by atomic mass is 16.4. The van der Waals surface area contributed by atoms with Gasteiger partial charge in [0.15, 0.2) is 0 Å². The summed E-state index contributed by atoms with van der Waals surface area (Å²) in [7, 11) is 0. The molecule has 0 radical (unpaired) electrons. The minimum Gasteiger partial charge on any atom is -0.357 e. The Hall–Kier alpha value is -2.33. The van der Waals surface area contributed by atoms with Gasteiger partial charge < -0.3 is 5.11 Å². The molecule has 18 heavy (non-hydrogen) atoms. The predicted molar refractivity (Wildman–Crippen MR) is 66.9 cm³/mol. The first kappa shape index (κ1) is 12.1. The first-order valence-corrected chi connectivity index (χ1v) is 5.41. The highest BCUT2D eigenvalue weighted by Crippen LogP contribution is 2.26. The minimum atomic E-state index is -2.37. The van der Waals surface area contributed by atoms with Crippen LogP contribution in [0, 0.1) is 4.91 Å². The summed E-state index contributed by atoms with van der Waals surface area (Å²) in [6.07, 6.45) is 0. The Morgan fingerprint density at radius 2 is 1.44 bits per heavy atom. The normalized spacial score (nSPS) is 13.6. The van der Waals surface area contributed by atoms with E-state index in [0.717, 1.165) is 0 Å². The van der Waals surface area contributed by atoms with Crippen LogP contribution >= 0.6 is 0 Å². The van der Waals surface area contributed by atoms with E-state index < -0.39 is 11.5 Å². The van der Waals surface area contributed by atoms with E-state index in [4.69, 9.17) is 0 Å². The fourth-order valence-corrected chi connectivity index (χ4v) is 1.69. The lowest BCUT2D eigenvalue weighted by atomic mass is 9.94. The Labute approximate surface area is 104 Å². The van der Waals surface area contributed by atoms with E-state index in [1.165, 1.54) is 24.3 Å². The Balaban J connectivity index is 2.46. The summed E-state index contributed by atoms with van der Waals surface area (Å²) in [5.74, 6) is -0.732. The van der Waals surface area contributed by atoms with Gasteiger partial charge >= 0.3 is 0 Å². The average Bonchev–Trinajstić information content (AvgIpc) is 2.47. The summed E-state index contributed by atoms with van der Waals surface area (Å²) in [6.45, 7) is 0. The van der Waals surface area contributed by atoms with Gasteiger partial charge in [-0.3, -0.25) is 4.79 Å². The van der Waals surface area contributed by atoms with Crippen LogP contribution in [0.25, 0.3) is 0 Å². The molecule has 0 heterocycles. The fourth-order valence-electron chi connectivity index (χ4n) is 1.69. The number of benzene rings is 2. The van der Waals surface area contributed by atoms with Crippen LogP contribution in [-0.4, -0.2) is 10.9 Å². The molecule has 1 atom stereocenters. The van der Waals surface area contributed by atoms with Crippen molar-refractivity contribution in [2.45, 2.75) is 5.72 Å². The zero-order chi connectivity index (χ0) is 13.0. The molecule has 2 aromatic carbocycles. The molecule has 4 nitrogen and oxygen atoms in total.